The molecule has 0 radical (unpaired) electrons. The molecule has 110 valence electrons. The van der Waals surface area contributed by atoms with Crippen LogP contribution in [0.3, 0.4) is 0 Å². The van der Waals surface area contributed by atoms with Crippen molar-refractivity contribution in [2.24, 2.45) is 0 Å². The van der Waals surface area contributed by atoms with Gasteiger partial charge in [-0.05, 0) is 18.2 Å². The third-order valence-electron chi connectivity index (χ3n) is 2.61. The number of ether oxygens (including phenoxy) is 1. The molecule has 0 aliphatic heterocycles. The summed E-state index contributed by atoms with van der Waals surface area (Å²) in [6.07, 6.45) is 3.06. The van der Waals surface area contributed by atoms with Crippen molar-refractivity contribution >= 4 is 17.5 Å². The summed E-state index contributed by atoms with van der Waals surface area (Å²) >= 11 is 0. The first-order chi connectivity index (χ1) is 10.2. The van der Waals surface area contributed by atoms with Crippen LogP contribution in [0, 0.1) is 0 Å². The van der Waals surface area contributed by atoms with E-state index in [4.69, 9.17) is 9.15 Å². The zero-order chi connectivity index (χ0) is 15.1. The molecule has 21 heavy (non-hydrogen) atoms. The first-order valence-corrected chi connectivity index (χ1v) is 6.30. The fourth-order valence-corrected chi connectivity index (χ4v) is 1.58. The molecule has 2 heterocycles. The fourth-order valence-electron chi connectivity index (χ4n) is 1.58. The molecule has 0 saturated carbocycles. The van der Waals surface area contributed by atoms with E-state index in [0.29, 0.717) is 11.6 Å². The monoisotopic (exact) mass is 289 g/mol. The maximum absolute atomic E-state index is 11.7. The topological polar surface area (TPSA) is 93.5 Å². The molecular weight excluding hydrogens is 274 g/mol. The lowest BCUT2D eigenvalue weighted by molar-refractivity contribution is -0.116. The van der Waals surface area contributed by atoms with Crippen LogP contribution in [0.25, 0.3) is 0 Å². The Bertz CT molecular complexity index is 593. The number of rotatable bonds is 6. The summed E-state index contributed by atoms with van der Waals surface area (Å²) in [5.74, 6) is 0.120. The quantitative estimate of drug-likeness (QED) is 0.839. The van der Waals surface area contributed by atoms with Gasteiger partial charge in [-0.15, -0.1) is 0 Å². The average Bonchev–Trinajstić information content (AvgIpc) is 3.02. The number of methoxy groups -OCH3 is 1. The van der Waals surface area contributed by atoms with Gasteiger partial charge in [-0.1, -0.05) is 0 Å². The van der Waals surface area contributed by atoms with Gasteiger partial charge in [-0.2, -0.15) is 0 Å². The Balaban J connectivity index is 1.73. The predicted molar refractivity (Wildman–Crippen MR) is 75.1 cm³/mol. The third kappa shape index (κ3) is 4.34. The highest BCUT2D eigenvalue weighted by molar-refractivity contribution is 5.93. The van der Waals surface area contributed by atoms with E-state index in [-0.39, 0.29) is 30.5 Å². The number of anilines is 1. The Morgan fingerprint density at radius 2 is 2.19 bits per heavy atom. The predicted octanol–water partition coefficient (Wildman–Crippen LogP) is 1.44. The molecule has 0 aromatic carbocycles. The summed E-state index contributed by atoms with van der Waals surface area (Å²) in [5, 5.41) is 5.26. The molecular formula is C14H15N3O4. The Morgan fingerprint density at radius 3 is 2.81 bits per heavy atom. The van der Waals surface area contributed by atoms with Crippen LogP contribution >= 0.6 is 0 Å². The van der Waals surface area contributed by atoms with Gasteiger partial charge in [0.25, 0.3) is 5.91 Å². The zero-order valence-electron chi connectivity index (χ0n) is 11.5. The van der Waals surface area contributed by atoms with E-state index in [0.717, 1.165) is 0 Å². The van der Waals surface area contributed by atoms with Gasteiger partial charge in [0.15, 0.2) is 5.76 Å². The number of hydrogen-bond acceptors (Lipinski definition) is 5. The molecule has 0 unspecified atom stereocenters. The average molecular weight is 289 g/mol. The Labute approximate surface area is 121 Å². The highest BCUT2D eigenvalue weighted by Gasteiger charge is 2.09. The molecule has 0 saturated heterocycles. The van der Waals surface area contributed by atoms with Crippen LogP contribution in [-0.2, 0) is 4.79 Å². The lowest BCUT2D eigenvalue weighted by Crippen LogP contribution is -2.27. The van der Waals surface area contributed by atoms with Crippen LogP contribution in [0.5, 0.6) is 5.88 Å². The van der Waals surface area contributed by atoms with Crippen molar-refractivity contribution in [3.8, 4) is 5.88 Å². The molecule has 0 aliphatic rings. The molecule has 2 aromatic rings. The first kappa shape index (κ1) is 14.6. The first-order valence-electron chi connectivity index (χ1n) is 6.30. The number of hydrogen-bond donors (Lipinski definition) is 2. The van der Waals surface area contributed by atoms with Crippen molar-refractivity contribution in [2.45, 2.75) is 6.42 Å². The molecule has 7 nitrogen and oxygen atoms in total. The number of nitrogens with one attached hydrogen (secondary N) is 2. The zero-order valence-corrected chi connectivity index (χ0v) is 11.5. The van der Waals surface area contributed by atoms with Gasteiger partial charge in [0.1, 0.15) is 0 Å². The highest BCUT2D eigenvalue weighted by Crippen LogP contribution is 2.10. The summed E-state index contributed by atoms with van der Waals surface area (Å²) in [6.45, 7) is 0.217. The molecule has 0 fully saturated rings. The van der Waals surface area contributed by atoms with Crippen LogP contribution < -0.4 is 15.4 Å². The second-order valence-corrected chi connectivity index (χ2v) is 4.12. The second-order valence-electron chi connectivity index (χ2n) is 4.12. The summed E-state index contributed by atoms with van der Waals surface area (Å²) < 4.78 is 9.86. The van der Waals surface area contributed by atoms with Crippen molar-refractivity contribution in [1.29, 1.82) is 0 Å². The Hall–Kier alpha value is -2.83. The van der Waals surface area contributed by atoms with Crippen molar-refractivity contribution in [3.63, 3.8) is 0 Å². The van der Waals surface area contributed by atoms with Crippen molar-refractivity contribution in [3.05, 3.63) is 42.5 Å². The lowest BCUT2D eigenvalue weighted by atomic mass is 10.3. The standard InChI is InChI=1S/C14H15N3O4/c1-20-13-5-4-10(9-16-13)17-12(18)6-7-15-14(19)11-3-2-8-21-11/h2-5,8-9H,6-7H2,1H3,(H,15,19)(H,17,18). The van der Waals surface area contributed by atoms with Gasteiger partial charge < -0.3 is 19.8 Å². The number of nitrogens with zero attached hydrogens (tertiary/aromatic N) is 1. The summed E-state index contributed by atoms with van der Waals surface area (Å²) in [6, 6.07) is 6.51. The van der Waals surface area contributed by atoms with Gasteiger partial charge in [-0.25, -0.2) is 4.98 Å². The molecule has 0 aliphatic carbocycles. The maximum Gasteiger partial charge on any atom is 0.286 e. The lowest BCUT2D eigenvalue weighted by Gasteiger charge is -2.06. The molecule has 0 bridgehead atoms. The van der Waals surface area contributed by atoms with Gasteiger partial charge in [-0.3, -0.25) is 9.59 Å². The van der Waals surface area contributed by atoms with Gasteiger partial charge >= 0.3 is 0 Å². The van der Waals surface area contributed by atoms with Crippen molar-refractivity contribution in [2.75, 3.05) is 19.0 Å². The molecule has 7 heteroatoms. The molecule has 2 N–H and O–H groups in total. The molecule has 2 rings (SSSR count). The molecule has 2 aromatic heterocycles. The van der Waals surface area contributed by atoms with Crippen LogP contribution in [0.4, 0.5) is 5.69 Å². The fraction of sp³-hybridized carbons (Fsp3) is 0.214. The normalized spacial score (nSPS) is 9.95. The van der Waals surface area contributed by atoms with Crippen LogP contribution in [-0.4, -0.2) is 30.5 Å². The Morgan fingerprint density at radius 1 is 1.33 bits per heavy atom. The number of amides is 2. The minimum Gasteiger partial charge on any atom is -0.481 e. The van der Waals surface area contributed by atoms with Gasteiger partial charge in [0, 0.05) is 19.0 Å². The molecule has 0 spiro atoms. The summed E-state index contributed by atoms with van der Waals surface area (Å²) in [5.41, 5.74) is 0.568. The third-order valence-corrected chi connectivity index (χ3v) is 2.61. The van der Waals surface area contributed by atoms with Crippen molar-refractivity contribution in [1.82, 2.24) is 10.3 Å². The largest absolute Gasteiger partial charge is 0.481 e. The van der Waals surface area contributed by atoms with Gasteiger partial charge in [0.2, 0.25) is 11.8 Å². The number of aromatic nitrogens is 1. The van der Waals surface area contributed by atoms with E-state index in [1.807, 2.05) is 0 Å². The minimum absolute atomic E-state index is 0.151. The summed E-state index contributed by atoms with van der Waals surface area (Å²) in [7, 11) is 1.52. The second kappa shape index (κ2) is 7.09. The number of pyridine rings is 1. The van der Waals surface area contributed by atoms with E-state index >= 15 is 0 Å². The molecule has 2 amide bonds. The highest BCUT2D eigenvalue weighted by atomic mass is 16.5. The number of carbonyl (C=O) groups is 2. The molecule has 0 atom stereocenters. The maximum atomic E-state index is 11.7. The van der Waals surface area contributed by atoms with Crippen molar-refractivity contribution < 1.29 is 18.7 Å². The van der Waals surface area contributed by atoms with E-state index in [2.05, 4.69) is 15.6 Å². The SMILES string of the molecule is COc1ccc(NC(=O)CCNC(=O)c2ccco2)cn1. The van der Waals surface area contributed by atoms with E-state index in [1.165, 1.54) is 19.6 Å². The van der Waals surface area contributed by atoms with E-state index in [1.54, 1.807) is 24.3 Å². The minimum atomic E-state index is -0.348. The Kier molecular flexibility index (Phi) is 4.92. The van der Waals surface area contributed by atoms with Gasteiger partial charge in [0.05, 0.1) is 25.3 Å². The summed E-state index contributed by atoms with van der Waals surface area (Å²) in [4.78, 5) is 27.2. The van der Waals surface area contributed by atoms with Crippen LogP contribution in [0.15, 0.2) is 41.1 Å². The van der Waals surface area contributed by atoms with E-state index in [9.17, 15) is 9.59 Å². The number of carbonyl (C=O) groups excluding carboxylic acids is 2. The van der Waals surface area contributed by atoms with Crippen LogP contribution in [0.2, 0.25) is 0 Å². The smallest absolute Gasteiger partial charge is 0.286 e. The number of furan rings is 1. The van der Waals surface area contributed by atoms with Crippen LogP contribution in [0.1, 0.15) is 17.0 Å². The van der Waals surface area contributed by atoms with E-state index < -0.39 is 0 Å².